The molecular formula is C28H37ClN2O6S. The van der Waals surface area contributed by atoms with Crippen LogP contribution >= 0.6 is 11.6 Å². The summed E-state index contributed by atoms with van der Waals surface area (Å²) >= 11 is 5.96. The van der Waals surface area contributed by atoms with Gasteiger partial charge in [-0.15, -0.1) is 0 Å². The highest BCUT2D eigenvalue weighted by atomic mass is 35.5. The molecule has 1 unspecified atom stereocenters. The Balaban J connectivity index is 1.28. The lowest BCUT2D eigenvalue weighted by molar-refractivity contribution is -0.137. The zero-order valence-corrected chi connectivity index (χ0v) is 23.9. The van der Waals surface area contributed by atoms with Crippen molar-refractivity contribution in [1.29, 1.82) is 0 Å². The number of aryl methyl sites for hydroxylation is 2. The number of carbonyl (C=O) groups excluding carboxylic acids is 1. The standard InChI is InChI=1S/C28H37ClN2O6S/c1-20-17-25(36-3)18-21(2)27(20)38(34,35)31-13-4-5-24(19-31)37-16-10-26(32)30-14-11-28(33,12-15-30)22-6-8-23(29)9-7-22/h6-9,17-18,24,33H,4-5,10-16,19H2,1-3H3. The van der Waals surface area contributed by atoms with Crippen LogP contribution < -0.4 is 4.74 Å². The van der Waals surface area contributed by atoms with Gasteiger partial charge in [0.05, 0.1) is 36.7 Å². The molecule has 2 aromatic carbocycles. The average molecular weight is 565 g/mol. The number of amides is 1. The number of hydrogen-bond acceptors (Lipinski definition) is 6. The molecule has 0 spiro atoms. The van der Waals surface area contributed by atoms with Gasteiger partial charge < -0.3 is 19.5 Å². The fourth-order valence-electron chi connectivity index (χ4n) is 5.47. The maximum atomic E-state index is 13.5. The quantitative estimate of drug-likeness (QED) is 0.520. The van der Waals surface area contributed by atoms with Gasteiger partial charge in [0.2, 0.25) is 15.9 Å². The number of carbonyl (C=O) groups is 1. The van der Waals surface area contributed by atoms with Crippen molar-refractivity contribution in [3.63, 3.8) is 0 Å². The van der Waals surface area contributed by atoms with Gasteiger partial charge in [0, 0.05) is 31.2 Å². The van der Waals surface area contributed by atoms with Gasteiger partial charge in [-0.05, 0) is 80.5 Å². The number of methoxy groups -OCH3 is 1. The third-order valence-corrected chi connectivity index (χ3v) is 10.0. The van der Waals surface area contributed by atoms with Crippen LogP contribution in [0.4, 0.5) is 0 Å². The molecule has 4 rings (SSSR count). The Labute approximate surface area is 230 Å². The molecule has 10 heteroatoms. The molecule has 2 saturated heterocycles. The monoisotopic (exact) mass is 564 g/mol. The summed E-state index contributed by atoms with van der Waals surface area (Å²) in [5.41, 5.74) is 1.16. The molecule has 0 saturated carbocycles. The predicted octanol–water partition coefficient (Wildman–Crippen LogP) is 4.04. The molecule has 2 fully saturated rings. The van der Waals surface area contributed by atoms with Gasteiger partial charge >= 0.3 is 0 Å². The zero-order chi connectivity index (χ0) is 27.5. The van der Waals surface area contributed by atoms with Gasteiger partial charge in [-0.2, -0.15) is 4.31 Å². The Kier molecular flexibility index (Phi) is 9.04. The predicted molar refractivity (Wildman–Crippen MR) is 146 cm³/mol. The molecule has 1 N–H and O–H groups in total. The van der Waals surface area contributed by atoms with Crippen LogP contribution in [-0.2, 0) is 25.2 Å². The Morgan fingerprint density at radius 2 is 1.74 bits per heavy atom. The van der Waals surface area contributed by atoms with E-state index in [1.165, 1.54) is 4.31 Å². The van der Waals surface area contributed by atoms with Gasteiger partial charge in [-0.3, -0.25) is 4.79 Å². The number of hydrogen-bond donors (Lipinski definition) is 1. The van der Waals surface area contributed by atoms with Crippen LogP contribution in [-0.4, -0.2) is 74.6 Å². The zero-order valence-electron chi connectivity index (χ0n) is 22.3. The van der Waals surface area contributed by atoms with E-state index in [9.17, 15) is 18.3 Å². The highest BCUT2D eigenvalue weighted by molar-refractivity contribution is 7.89. The molecule has 2 aliphatic heterocycles. The third kappa shape index (κ3) is 6.34. The summed E-state index contributed by atoms with van der Waals surface area (Å²) in [6, 6.07) is 10.7. The van der Waals surface area contributed by atoms with Crippen molar-refractivity contribution >= 4 is 27.5 Å². The summed E-state index contributed by atoms with van der Waals surface area (Å²) in [5, 5.41) is 11.7. The maximum absolute atomic E-state index is 13.5. The molecule has 1 amide bonds. The van der Waals surface area contributed by atoms with E-state index in [4.69, 9.17) is 21.1 Å². The number of likely N-dealkylation sites (tertiary alicyclic amines) is 1. The van der Waals surface area contributed by atoms with Crippen LogP contribution in [0.15, 0.2) is 41.3 Å². The summed E-state index contributed by atoms with van der Waals surface area (Å²) in [4.78, 5) is 14.9. The van der Waals surface area contributed by atoms with Crippen molar-refractivity contribution in [2.75, 3.05) is 39.9 Å². The molecule has 0 aromatic heterocycles. The van der Waals surface area contributed by atoms with Gasteiger partial charge in [-0.25, -0.2) is 8.42 Å². The summed E-state index contributed by atoms with van der Waals surface area (Å²) < 4.78 is 39.7. The maximum Gasteiger partial charge on any atom is 0.243 e. The minimum absolute atomic E-state index is 0.0204. The number of halogens is 1. The lowest BCUT2D eigenvalue weighted by Gasteiger charge is -2.38. The summed E-state index contributed by atoms with van der Waals surface area (Å²) in [5.74, 6) is 0.611. The normalized spacial score (nSPS) is 20.3. The van der Waals surface area contributed by atoms with Gasteiger partial charge in [0.1, 0.15) is 5.75 Å². The van der Waals surface area contributed by atoms with E-state index >= 15 is 0 Å². The second-order valence-electron chi connectivity index (χ2n) is 10.3. The lowest BCUT2D eigenvalue weighted by atomic mass is 9.84. The minimum Gasteiger partial charge on any atom is -0.497 e. The molecule has 208 valence electrons. The third-order valence-electron chi connectivity index (χ3n) is 7.60. The number of benzene rings is 2. The van der Waals surface area contributed by atoms with Gasteiger partial charge in [0.25, 0.3) is 0 Å². The van der Waals surface area contributed by atoms with E-state index in [1.54, 1.807) is 50.1 Å². The van der Waals surface area contributed by atoms with Crippen molar-refractivity contribution in [3.8, 4) is 5.75 Å². The Morgan fingerprint density at radius 3 is 2.34 bits per heavy atom. The summed E-state index contributed by atoms with van der Waals surface area (Å²) in [6.07, 6.45) is 2.32. The second-order valence-corrected chi connectivity index (χ2v) is 12.6. The molecule has 0 radical (unpaired) electrons. The SMILES string of the molecule is COc1cc(C)c(S(=O)(=O)N2CCCC(OCCC(=O)N3CCC(O)(c4ccc(Cl)cc4)CC3)C2)c(C)c1. The van der Waals surface area contributed by atoms with Crippen molar-refractivity contribution in [1.82, 2.24) is 9.21 Å². The van der Waals surface area contributed by atoms with Gasteiger partial charge in [0.15, 0.2) is 0 Å². The first-order valence-electron chi connectivity index (χ1n) is 13.1. The van der Waals surface area contributed by atoms with E-state index in [1.807, 2.05) is 12.1 Å². The highest BCUT2D eigenvalue weighted by Gasteiger charge is 2.36. The molecule has 0 bridgehead atoms. The highest BCUT2D eigenvalue weighted by Crippen LogP contribution is 2.34. The molecule has 2 aromatic rings. The summed E-state index contributed by atoms with van der Waals surface area (Å²) in [7, 11) is -2.12. The average Bonchev–Trinajstić information content (AvgIpc) is 2.89. The first kappa shape index (κ1) is 28.8. The number of aliphatic hydroxyl groups is 1. The van der Waals surface area contributed by atoms with E-state index < -0.39 is 15.6 Å². The Bertz CT molecular complexity index is 1220. The number of nitrogens with zero attached hydrogens (tertiary/aromatic N) is 2. The van der Waals surface area contributed by atoms with Gasteiger partial charge in [-0.1, -0.05) is 23.7 Å². The molecule has 2 heterocycles. The van der Waals surface area contributed by atoms with E-state index in [2.05, 4.69) is 0 Å². The molecule has 2 aliphatic rings. The lowest BCUT2D eigenvalue weighted by Crippen LogP contribution is -2.46. The van der Waals surface area contributed by atoms with E-state index in [-0.39, 0.29) is 31.6 Å². The number of sulfonamides is 1. The van der Waals surface area contributed by atoms with E-state index in [0.29, 0.717) is 65.7 Å². The van der Waals surface area contributed by atoms with Crippen LogP contribution in [0.2, 0.25) is 5.02 Å². The molecule has 8 nitrogen and oxygen atoms in total. The smallest absolute Gasteiger partial charge is 0.243 e. The van der Waals surface area contributed by atoms with Crippen molar-refractivity contribution in [3.05, 3.63) is 58.1 Å². The van der Waals surface area contributed by atoms with Crippen LogP contribution in [0.25, 0.3) is 0 Å². The van der Waals surface area contributed by atoms with Crippen LogP contribution in [0.3, 0.4) is 0 Å². The Morgan fingerprint density at radius 1 is 1.11 bits per heavy atom. The topological polar surface area (TPSA) is 96.4 Å². The molecule has 1 atom stereocenters. The Hall–Kier alpha value is -2.17. The largest absolute Gasteiger partial charge is 0.497 e. The van der Waals surface area contributed by atoms with Crippen molar-refractivity contribution in [2.45, 2.75) is 62.6 Å². The van der Waals surface area contributed by atoms with Crippen LogP contribution in [0.1, 0.15) is 48.8 Å². The fourth-order valence-corrected chi connectivity index (χ4v) is 7.52. The summed E-state index contributed by atoms with van der Waals surface area (Å²) in [6.45, 7) is 5.43. The first-order valence-corrected chi connectivity index (χ1v) is 14.9. The van der Waals surface area contributed by atoms with Crippen molar-refractivity contribution < 1.29 is 27.8 Å². The van der Waals surface area contributed by atoms with Crippen LogP contribution in [0.5, 0.6) is 5.75 Å². The second kappa shape index (κ2) is 11.9. The minimum atomic E-state index is -3.68. The number of ether oxygens (including phenoxy) is 2. The van der Waals surface area contributed by atoms with E-state index in [0.717, 1.165) is 12.0 Å². The molecule has 38 heavy (non-hydrogen) atoms. The van der Waals surface area contributed by atoms with Crippen LogP contribution in [0, 0.1) is 13.8 Å². The number of piperidine rings is 2. The fraction of sp³-hybridized carbons (Fsp3) is 0.536. The van der Waals surface area contributed by atoms with Crippen molar-refractivity contribution in [2.24, 2.45) is 0 Å². The molecular weight excluding hydrogens is 528 g/mol. The first-order chi connectivity index (χ1) is 18.0. The molecule has 0 aliphatic carbocycles. The number of rotatable bonds is 8.